The average Bonchev–Trinajstić information content (AvgIpc) is 2.37. The van der Waals surface area contributed by atoms with Gasteiger partial charge in [0.2, 0.25) is 0 Å². The molecule has 0 saturated carbocycles. The zero-order valence-corrected chi connectivity index (χ0v) is 12.3. The lowest BCUT2D eigenvalue weighted by atomic mass is 10.1. The van der Waals surface area contributed by atoms with Crippen LogP contribution in [0.4, 0.5) is 0 Å². The number of amides is 1. The van der Waals surface area contributed by atoms with Gasteiger partial charge in [0.05, 0.1) is 24.3 Å². The number of rotatable bonds is 5. The van der Waals surface area contributed by atoms with E-state index in [9.17, 15) is 9.59 Å². The van der Waals surface area contributed by atoms with E-state index in [2.05, 4.69) is 21.2 Å². The van der Waals surface area contributed by atoms with E-state index in [1.54, 1.807) is 6.07 Å². The first-order chi connectivity index (χ1) is 8.90. The minimum Gasteiger partial charge on any atom is -0.497 e. The Hall–Kier alpha value is -1.76. The van der Waals surface area contributed by atoms with Gasteiger partial charge in [-0.3, -0.25) is 9.59 Å². The number of carboxylic acids is 1. The lowest BCUT2D eigenvalue weighted by Gasteiger charge is -2.14. The molecule has 104 valence electrons. The highest BCUT2D eigenvalue weighted by molar-refractivity contribution is 9.10. The molecule has 6 nitrogen and oxygen atoms in total. The third-order valence-electron chi connectivity index (χ3n) is 2.42. The molecule has 0 bridgehead atoms. The Kier molecular flexibility index (Phi) is 5.17. The average molecular weight is 332 g/mol. The Morgan fingerprint density at radius 3 is 2.42 bits per heavy atom. The summed E-state index contributed by atoms with van der Waals surface area (Å²) in [5, 5.41) is 11.1. The second kappa shape index (κ2) is 6.42. The van der Waals surface area contributed by atoms with Gasteiger partial charge in [-0.25, -0.2) is 0 Å². The molecule has 0 aromatic heterocycles. The number of carbonyl (C=O) groups excluding carboxylic acids is 1. The maximum Gasteiger partial charge on any atom is 0.325 e. The number of nitrogens with one attached hydrogen (secondary N) is 1. The molecule has 0 aliphatic carbocycles. The molecule has 19 heavy (non-hydrogen) atoms. The van der Waals surface area contributed by atoms with Crippen LogP contribution >= 0.6 is 15.9 Å². The molecule has 0 heterocycles. The fraction of sp³-hybridized carbons (Fsp3) is 0.333. The predicted octanol–water partition coefficient (Wildman–Crippen LogP) is 1.67. The molecule has 1 atom stereocenters. The Labute approximate surface area is 118 Å². The zero-order chi connectivity index (χ0) is 14.6. The first-order valence-corrected chi connectivity index (χ1v) is 6.15. The molecule has 0 aliphatic heterocycles. The molecule has 1 rings (SSSR count). The van der Waals surface area contributed by atoms with E-state index in [1.807, 2.05) is 0 Å². The summed E-state index contributed by atoms with van der Waals surface area (Å²) in [6, 6.07) is 2.13. The van der Waals surface area contributed by atoms with Crippen molar-refractivity contribution in [1.82, 2.24) is 5.32 Å². The molecule has 1 amide bonds. The quantitative estimate of drug-likeness (QED) is 0.857. The van der Waals surface area contributed by atoms with Crippen molar-refractivity contribution in [1.29, 1.82) is 0 Å². The lowest BCUT2D eigenvalue weighted by molar-refractivity contribution is -0.138. The summed E-state index contributed by atoms with van der Waals surface area (Å²) in [5.74, 6) is -0.891. The van der Waals surface area contributed by atoms with Crippen LogP contribution in [0.5, 0.6) is 11.5 Å². The normalized spacial score (nSPS) is 11.6. The van der Waals surface area contributed by atoms with Gasteiger partial charge in [-0.2, -0.15) is 0 Å². The van der Waals surface area contributed by atoms with E-state index in [4.69, 9.17) is 14.6 Å². The number of hydrogen-bond donors (Lipinski definition) is 2. The van der Waals surface area contributed by atoms with Gasteiger partial charge in [0.1, 0.15) is 17.5 Å². The first-order valence-electron chi connectivity index (χ1n) is 5.35. The second-order valence-corrected chi connectivity index (χ2v) is 4.58. The molecular weight excluding hydrogens is 318 g/mol. The van der Waals surface area contributed by atoms with Crippen molar-refractivity contribution >= 4 is 27.8 Å². The Morgan fingerprint density at radius 2 is 1.95 bits per heavy atom. The minimum absolute atomic E-state index is 0.196. The maximum absolute atomic E-state index is 12.0. The fourth-order valence-electron chi connectivity index (χ4n) is 1.40. The molecule has 7 heteroatoms. The van der Waals surface area contributed by atoms with Crippen LogP contribution in [0.25, 0.3) is 0 Å². The number of carbonyl (C=O) groups is 2. The lowest BCUT2D eigenvalue weighted by Crippen LogP contribution is -2.38. The largest absolute Gasteiger partial charge is 0.497 e. The van der Waals surface area contributed by atoms with Crippen LogP contribution in [0, 0.1) is 0 Å². The van der Waals surface area contributed by atoms with E-state index in [0.29, 0.717) is 16.0 Å². The smallest absolute Gasteiger partial charge is 0.325 e. The summed E-state index contributed by atoms with van der Waals surface area (Å²) in [5.41, 5.74) is 0.196. The first kappa shape index (κ1) is 15.3. The van der Waals surface area contributed by atoms with E-state index in [1.165, 1.54) is 27.2 Å². The third-order valence-corrected chi connectivity index (χ3v) is 3.01. The van der Waals surface area contributed by atoms with Crippen molar-refractivity contribution in [3.8, 4) is 11.5 Å². The molecule has 1 aromatic rings. The summed E-state index contributed by atoms with van der Waals surface area (Å²) in [6.45, 7) is 1.38. The molecule has 0 radical (unpaired) electrons. The molecular formula is C12H14BrNO5. The Balaban J connectivity index is 3.13. The Bertz CT molecular complexity index is 503. The SMILES string of the molecule is COc1cc(Br)c(OC)c(C(=O)N[C@@H](C)C(=O)O)c1. The molecule has 0 spiro atoms. The van der Waals surface area contributed by atoms with Crippen LogP contribution in [-0.4, -0.2) is 37.2 Å². The van der Waals surface area contributed by atoms with Crippen molar-refractivity contribution in [3.63, 3.8) is 0 Å². The highest BCUT2D eigenvalue weighted by Gasteiger charge is 2.21. The summed E-state index contributed by atoms with van der Waals surface area (Å²) in [7, 11) is 2.89. The van der Waals surface area contributed by atoms with Gasteiger partial charge < -0.3 is 19.9 Å². The summed E-state index contributed by atoms with van der Waals surface area (Å²) < 4.78 is 10.7. The van der Waals surface area contributed by atoms with Crippen LogP contribution in [0.3, 0.4) is 0 Å². The maximum atomic E-state index is 12.0. The van der Waals surface area contributed by atoms with Gasteiger partial charge >= 0.3 is 5.97 Å². The standard InChI is InChI=1S/C12H14BrNO5/c1-6(12(16)17)14-11(15)8-4-7(18-2)5-9(13)10(8)19-3/h4-6H,1-3H3,(H,14,15)(H,16,17)/t6-/m0/s1. The Morgan fingerprint density at radius 1 is 1.32 bits per heavy atom. The number of hydrogen-bond acceptors (Lipinski definition) is 4. The van der Waals surface area contributed by atoms with Gasteiger partial charge in [0.25, 0.3) is 5.91 Å². The number of benzene rings is 1. The van der Waals surface area contributed by atoms with Gasteiger partial charge in [-0.05, 0) is 35.0 Å². The van der Waals surface area contributed by atoms with Gasteiger partial charge in [0.15, 0.2) is 0 Å². The third kappa shape index (κ3) is 3.60. The predicted molar refractivity (Wildman–Crippen MR) is 71.8 cm³/mol. The van der Waals surface area contributed by atoms with E-state index >= 15 is 0 Å². The molecule has 0 aliphatic rings. The zero-order valence-electron chi connectivity index (χ0n) is 10.7. The molecule has 0 unspecified atom stereocenters. The van der Waals surface area contributed by atoms with Crippen LogP contribution in [0.2, 0.25) is 0 Å². The molecule has 2 N–H and O–H groups in total. The van der Waals surface area contributed by atoms with E-state index in [-0.39, 0.29) is 5.56 Å². The number of aliphatic carboxylic acids is 1. The second-order valence-electron chi connectivity index (χ2n) is 3.72. The number of carboxylic acid groups (broad SMARTS) is 1. The highest BCUT2D eigenvalue weighted by atomic mass is 79.9. The van der Waals surface area contributed by atoms with Crippen LogP contribution in [0.1, 0.15) is 17.3 Å². The van der Waals surface area contributed by atoms with Crippen LogP contribution in [0.15, 0.2) is 16.6 Å². The summed E-state index contributed by atoms with van der Waals surface area (Å²) in [6.07, 6.45) is 0. The van der Waals surface area contributed by atoms with Crippen molar-refractivity contribution in [2.75, 3.05) is 14.2 Å². The number of methoxy groups -OCH3 is 2. The van der Waals surface area contributed by atoms with Gasteiger partial charge in [-0.15, -0.1) is 0 Å². The highest BCUT2D eigenvalue weighted by Crippen LogP contribution is 2.33. The van der Waals surface area contributed by atoms with Crippen molar-refractivity contribution < 1.29 is 24.2 Å². The van der Waals surface area contributed by atoms with E-state index in [0.717, 1.165) is 0 Å². The molecule has 0 saturated heterocycles. The topological polar surface area (TPSA) is 84.9 Å². The van der Waals surface area contributed by atoms with E-state index < -0.39 is 17.9 Å². The van der Waals surface area contributed by atoms with Crippen molar-refractivity contribution in [3.05, 3.63) is 22.2 Å². The fourth-order valence-corrected chi connectivity index (χ4v) is 2.00. The monoisotopic (exact) mass is 331 g/mol. The van der Waals surface area contributed by atoms with Crippen LogP contribution < -0.4 is 14.8 Å². The summed E-state index contributed by atoms with van der Waals surface area (Å²) in [4.78, 5) is 22.8. The molecule has 1 aromatic carbocycles. The summed E-state index contributed by atoms with van der Waals surface area (Å²) >= 11 is 3.26. The van der Waals surface area contributed by atoms with Gasteiger partial charge in [-0.1, -0.05) is 0 Å². The number of ether oxygens (including phenoxy) is 2. The van der Waals surface area contributed by atoms with Crippen molar-refractivity contribution in [2.45, 2.75) is 13.0 Å². The van der Waals surface area contributed by atoms with Crippen molar-refractivity contribution in [2.24, 2.45) is 0 Å². The van der Waals surface area contributed by atoms with Crippen LogP contribution in [-0.2, 0) is 4.79 Å². The number of halogens is 1. The minimum atomic E-state index is -1.12. The molecule has 0 fully saturated rings. The van der Waals surface area contributed by atoms with Gasteiger partial charge in [0, 0.05) is 0 Å².